The van der Waals surface area contributed by atoms with E-state index in [0.29, 0.717) is 18.2 Å². The molecule has 0 radical (unpaired) electrons. The van der Waals surface area contributed by atoms with Crippen molar-refractivity contribution in [2.45, 2.75) is 13.1 Å². The molecule has 0 saturated carbocycles. The number of hydrogen-bond donors (Lipinski definition) is 1. The van der Waals surface area contributed by atoms with Crippen LogP contribution < -0.4 is 5.32 Å². The number of carbonyl (C=O) groups is 1. The number of amides is 1. The van der Waals surface area contributed by atoms with E-state index in [9.17, 15) is 4.79 Å². The van der Waals surface area contributed by atoms with Gasteiger partial charge in [-0.2, -0.15) is 5.10 Å². The van der Waals surface area contributed by atoms with Gasteiger partial charge < -0.3 is 10.2 Å². The lowest BCUT2D eigenvalue weighted by atomic mass is 10.1. The standard InChI is InChI=1S/C13H17N5OS/c1-17-5-10(6-18-11(7-17)2-3-16-18)4-14-13(19)12-8-20-9-15-12/h2-3,8-10H,4-7H2,1H3,(H,14,19)/t10-/m1/s1. The molecular weight excluding hydrogens is 274 g/mol. The Kier molecular flexibility index (Phi) is 3.79. The van der Waals surface area contributed by atoms with Gasteiger partial charge in [-0.05, 0) is 13.1 Å². The number of hydrogen-bond acceptors (Lipinski definition) is 5. The molecule has 6 nitrogen and oxygen atoms in total. The molecule has 1 N–H and O–H groups in total. The van der Waals surface area contributed by atoms with Gasteiger partial charge in [-0.1, -0.05) is 0 Å². The van der Waals surface area contributed by atoms with E-state index in [1.165, 1.54) is 17.0 Å². The lowest BCUT2D eigenvalue weighted by Gasteiger charge is -2.19. The molecule has 0 unspecified atom stereocenters. The SMILES string of the molecule is CN1Cc2ccnn2C[C@H](CNC(=O)c2cscn2)C1. The van der Waals surface area contributed by atoms with Crippen LogP contribution in [0.25, 0.3) is 0 Å². The molecule has 20 heavy (non-hydrogen) atoms. The molecule has 1 atom stereocenters. The Balaban J connectivity index is 1.61. The summed E-state index contributed by atoms with van der Waals surface area (Å²) in [6.45, 7) is 3.32. The van der Waals surface area contributed by atoms with E-state index in [4.69, 9.17) is 0 Å². The Labute approximate surface area is 121 Å². The minimum atomic E-state index is -0.0983. The fourth-order valence-electron chi connectivity index (χ4n) is 2.52. The van der Waals surface area contributed by atoms with Gasteiger partial charge in [-0.25, -0.2) is 4.98 Å². The van der Waals surface area contributed by atoms with Crippen LogP contribution in [0.1, 0.15) is 16.2 Å². The molecule has 1 amide bonds. The second kappa shape index (κ2) is 5.72. The van der Waals surface area contributed by atoms with Crippen LogP contribution >= 0.6 is 11.3 Å². The number of nitrogens with one attached hydrogen (secondary N) is 1. The predicted octanol–water partition coefficient (Wildman–Crippen LogP) is 0.831. The van der Waals surface area contributed by atoms with Crippen molar-refractivity contribution in [2.75, 3.05) is 20.1 Å². The van der Waals surface area contributed by atoms with Crippen LogP contribution in [0.2, 0.25) is 0 Å². The number of rotatable bonds is 3. The fraction of sp³-hybridized carbons (Fsp3) is 0.462. The third kappa shape index (κ3) is 2.88. The van der Waals surface area contributed by atoms with Gasteiger partial charge in [0, 0.05) is 43.7 Å². The van der Waals surface area contributed by atoms with Crippen molar-refractivity contribution in [1.82, 2.24) is 25.0 Å². The first-order valence-electron chi connectivity index (χ1n) is 6.58. The summed E-state index contributed by atoms with van der Waals surface area (Å²) >= 11 is 1.43. The Morgan fingerprint density at radius 1 is 1.55 bits per heavy atom. The van der Waals surface area contributed by atoms with Crippen LogP contribution in [0.15, 0.2) is 23.2 Å². The molecule has 2 aromatic heterocycles. The van der Waals surface area contributed by atoms with Crippen LogP contribution in [0, 0.1) is 5.92 Å². The van der Waals surface area contributed by atoms with Crippen molar-refractivity contribution >= 4 is 17.2 Å². The van der Waals surface area contributed by atoms with Crippen molar-refractivity contribution in [3.8, 4) is 0 Å². The molecule has 1 aliphatic heterocycles. The molecule has 0 bridgehead atoms. The Hall–Kier alpha value is -1.73. The summed E-state index contributed by atoms with van der Waals surface area (Å²) in [5.74, 6) is 0.252. The maximum absolute atomic E-state index is 11.9. The van der Waals surface area contributed by atoms with Crippen LogP contribution in [-0.4, -0.2) is 45.7 Å². The minimum absolute atomic E-state index is 0.0983. The molecule has 3 heterocycles. The van der Waals surface area contributed by atoms with Crippen LogP contribution in [0.4, 0.5) is 0 Å². The third-order valence-electron chi connectivity index (χ3n) is 3.45. The number of thiazole rings is 1. The van der Waals surface area contributed by atoms with Gasteiger partial charge in [0.25, 0.3) is 5.91 Å². The summed E-state index contributed by atoms with van der Waals surface area (Å²) < 4.78 is 2.03. The number of carbonyl (C=O) groups excluding carboxylic acids is 1. The first-order chi connectivity index (χ1) is 9.72. The van der Waals surface area contributed by atoms with Gasteiger partial charge in [0.1, 0.15) is 5.69 Å². The molecule has 0 aromatic carbocycles. The molecule has 0 saturated heterocycles. The van der Waals surface area contributed by atoms with Crippen molar-refractivity contribution in [3.05, 3.63) is 34.5 Å². The Morgan fingerprint density at radius 3 is 3.25 bits per heavy atom. The van der Waals surface area contributed by atoms with Gasteiger partial charge in [0.2, 0.25) is 0 Å². The third-order valence-corrected chi connectivity index (χ3v) is 4.04. The molecular formula is C13H17N5OS. The monoisotopic (exact) mass is 291 g/mol. The zero-order chi connectivity index (χ0) is 13.9. The molecule has 0 fully saturated rings. The first-order valence-corrected chi connectivity index (χ1v) is 7.52. The van der Waals surface area contributed by atoms with Crippen molar-refractivity contribution in [3.63, 3.8) is 0 Å². The maximum atomic E-state index is 11.9. The normalized spacial score (nSPS) is 19.4. The van der Waals surface area contributed by atoms with E-state index >= 15 is 0 Å². The van der Waals surface area contributed by atoms with E-state index in [2.05, 4.69) is 27.3 Å². The van der Waals surface area contributed by atoms with Gasteiger partial charge in [-0.15, -0.1) is 11.3 Å². The average Bonchev–Trinajstić information content (AvgIpc) is 3.06. The summed E-state index contributed by atoms with van der Waals surface area (Å²) in [5.41, 5.74) is 3.39. The fourth-order valence-corrected chi connectivity index (χ4v) is 3.06. The molecule has 1 aliphatic rings. The summed E-state index contributed by atoms with van der Waals surface area (Å²) in [6, 6.07) is 2.05. The van der Waals surface area contributed by atoms with Gasteiger partial charge in [0.05, 0.1) is 11.2 Å². The molecule has 7 heteroatoms. The summed E-state index contributed by atoms with van der Waals surface area (Å²) in [5, 5.41) is 9.07. The van der Waals surface area contributed by atoms with E-state index in [0.717, 1.165) is 19.6 Å². The Morgan fingerprint density at radius 2 is 2.45 bits per heavy atom. The average molecular weight is 291 g/mol. The molecule has 3 rings (SSSR count). The first kappa shape index (κ1) is 13.3. The molecule has 0 aliphatic carbocycles. The Bertz CT molecular complexity index is 579. The molecule has 2 aromatic rings. The lowest BCUT2D eigenvalue weighted by molar-refractivity contribution is 0.0938. The highest BCUT2D eigenvalue weighted by Gasteiger charge is 2.21. The zero-order valence-corrected chi connectivity index (χ0v) is 12.1. The summed E-state index contributed by atoms with van der Waals surface area (Å²) in [6.07, 6.45) is 1.83. The summed E-state index contributed by atoms with van der Waals surface area (Å²) in [7, 11) is 2.10. The highest BCUT2D eigenvalue weighted by Crippen LogP contribution is 2.14. The highest BCUT2D eigenvalue weighted by atomic mass is 32.1. The second-order valence-electron chi connectivity index (χ2n) is 5.15. The quantitative estimate of drug-likeness (QED) is 0.910. The van der Waals surface area contributed by atoms with Crippen molar-refractivity contribution in [2.24, 2.45) is 5.92 Å². The van der Waals surface area contributed by atoms with Crippen LogP contribution in [0.3, 0.4) is 0 Å². The second-order valence-corrected chi connectivity index (χ2v) is 5.87. The molecule has 0 spiro atoms. The van der Waals surface area contributed by atoms with Crippen LogP contribution in [-0.2, 0) is 13.1 Å². The summed E-state index contributed by atoms with van der Waals surface area (Å²) in [4.78, 5) is 18.2. The van der Waals surface area contributed by atoms with Crippen molar-refractivity contribution in [1.29, 1.82) is 0 Å². The van der Waals surface area contributed by atoms with E-state index in [-0.39, 0.29) is 5.91 Å². The largest absolute Gasteiger partial charge is 0.350 e. The zero-order valence-electron chi connectivity index (χ0n) is 11.3. The predicted molar refractivity (Wildman–Crippen MR) is 76.5 cm³/mol. The van der Waals surface area contributed by atoms with E-state index < -0.39 is 0 Å². The van der Waals surface area contributed by atoms with Gasteiger partial charge >= 0.3 is 0 Å². The lowest BCUT2D eigenvalue weighted by Crippen LogP contribution is -2.35. The number of fused-ring (bicyclic) bond motifs is 1. The molecule has 106 valence electrons. The van der Waals surface area contributed by atoms with Gasteiger partial charge in [0.15, 0.2) is 0 Å². The van der Waals surface area contributed by atoms with Gasteiger partial charge in [-0.3, -0.25) is 9.48 Å². The van der Waals surface area contributed by atoms with E-state index in [1.54, 1.807) is 10.9 Å². The van der Waals surface area contributed by atoms with Crippen LogP contribution in [0.5, 0.6) is 0 Å². The smallest absolute Gasteiger partial charge is 0.270 e. The minimum Gasteiger partial charge on any atom is -0.350 e. The highest BCUT2D eigenvalue weighted by molar-refractivity contribution is 7.07. The maximum Gasteiger partial charge on any atom is 0.270 e. The number of aromatic nitrogens is 3. The number of nitrogens with zero attached hydrogens (tertiary/aromatic N) is 4. The van der Waals surface area contributed by atoms with Crippen molar-refractivity contribution < 1.29 is 4.79 Å². The topological polar surface area (TPSA) is 63.1 Å². The van der Waals surface area contributed by atoms with E-state index in [1.807, 2.05) is 16.9 Å².